The smallest absolute Gasteiger partial charge is 0.241 e. The highest BCUT2D eigenvalue weighted by Gasteiger charge is 2.13. The van der Waals surface area contributed by atoms with Crippen molar-refractivity contribution in [2.75, 3.05) is 5.32 Å². The molecule has 1 atom stereocenters. The second-order valence-electron chi connectivity index (χ2n) is 5.75. The zero-order valence-corrected chi connectivity index (χ0v) is 14.2. The van der Waals surface area contributed by atoms with Crippen LogP contribution in [0, 0.1) is 0 Å². The largest absolute Gasteiger partial charge is 0.325 e. The van der Waals surface area contributed by atoms with Crippen LogP contribution < -0.4 is 10.6 Å². The summed E-state index contributed by atoms with van der Waals surface area (Å²) < 4.78 is 0. The van der Waals surface area contributed by atoms with E-state index in [1.54, 1.807) is 0 Å². The minimum Gasteiger partial charge on any atom is -0.325 e. The highest BCUT2D eigenvalue weighted by atomic mass is 35.5. The van der Waals surface area contributed by atoms with Crippen molar-refractivity contribution in [2.45, 2.75) is 19.5 Å². The number of carbonyl (C=O) groups excluding carboxylic acids is 1. The summed E-state index contributed by atoms with van der Waals surface area (Å²) >= 11 is 6.13. The molecular formula is C20H19ClN2O. The van der Waals surface area contributed by atoms with E-state index in [-0.39, 0.29) is 11.9 Å². The molecule has 0 aliphatic carbocycles. The number of carbonyl (C=O) groups is 1. The average Bonchev–Trinajstić information content (AvgIpc) is 2.60. The molecule has 0 aliphatic heterocycles. The van der Waals surface area contributed by atoms with Gasteiger partial charge in [-0.25, -0.2) is 0 Å². The number of rotatable bonds is 5. The molecule has 3 aromatic carbocycles. The van der Waals surface area contributed by atoms with Crippen molar-refractivity contribution in [3.8, 4) is 0 Å². The molecule has 0 heterocycles. The van der Waals surface area contributed by atoms with E-state index in [0.717, 1.165) is 22.0 Å². The van der Waals surface area contributed by atoms with Crippen LogP contribution in [-0.4, -0.2) is 11.9 Å². The molecule has 1 unspecified atom stereocenters. The minimum absolute atomic E-state index is 0.0719. The summed E-state index contributed by atoms with van der Waals surface area (Å²) in [4.78, 5) is 12.3. The van der Waals surface area contributed by atoms with Gasteiger partial charge in [0.1, 0.15) is 0 Å². The van der Waals surface area contributed by atoms with E-state index in [9.17, 15) is 4.79 Å². The van der Waals surface area contributed by atoms with Crippen LogP contribution in [0.1, 0.15) is 12.5 Å². The van der Waals surface area contributed by atoms with E-state index in [2.05, 4.69) is 16.7 Å². The lowest BCUT2D eigenvalue weighted by Gasteiger charge is -2.15. The van der Waals surface area contributed by atoms with Crippen LogP contribution in [0.4, 0.5) is 5.69 Å². The maximum absolute atomic E-state index is 12.3. The van der Waals surface area contributed by atoms with Gasteiger partial charge in [0.15, 0.2) is 0 Å². The topological polar surface area (TPSA) is 41.1 Å². The van der Waals surface area contributed by atoms with Gasteiger partial charge in [-0.3, -0.25) is 4.79 Å². The van der Waals surface area contributed by atoms with Gasteiger partial charge in [0.2, 0.25) is 5.91 Å². The van der Waals surface area contributed by atoms with Crippen molar-refractivity contribution in [3.05, 3.63) is 77.3 Å². The number of halogens is 1. The number of hydrogen-bond donors (Lipinski definition) is 2. The second-order valence-corrected chi connectivity index (χ2v) is 6.15. The first-order valence-electron chi connectivity index (χ1n) is 7.90. The van der Waals surface area contributed by atoms with Gasteiger partial charge in [-0.2, -0.15) is 0 Å². The number of hydrogen-bond acceptors (Lipinski definition) is 2. The summed E-state index contributed by atoms with van der Waals surface area (Å²) in [5, 5.41) is 9.11. The molecule has 4 heteroatoms. The molecule has 24 heavy (non-hydrogen) atoms. The summed E-state index contributed by atoms with van der Waals surface area (Å²) in [5.74, 6) is -0.0719. The predicted octanol–water partition coefficient (Wildman–Crippen LogP) is 4.61. The minimum atomic E-state index is -0.326. The van der Waals surface area contributed by atoms with E-state index in [4.69, 9.17) is 11.6 Å². The molecule has 122 valence electrons. The highest BCUT2D eigenvalue weighted by molar-refractivity contribution is 6.31. The van der Waals surface area contributed by atoms with Crippen LogP contribution >= 0.6 is 11.6 Å². The molecule has 0 aromatic heterocycles. The number of anilines is 1. The SMILES string of the molecule is CC(NCc1ccccc1Cl)C(=O)Nc1ccc2ccccc2c1. The Morgan fingerprint density at radius 2 is 1.71 bits per heavy atom. The quantitative estimate of drug-likeness (QED) is 0.713. The third-order valence-corrected chi connectivity index (χ3v) is 4.34. The van der Waals surface area contributed by atoms with Gasteiger partial charge in [-0.1, -0.05) is 60.1 Å². The molecule has 0 aliphatic rings. The van der Waals surface area contributed by atoms with E-state index >= 15 is 0 Å². The van der Waals surface area contributed by atoms with Crippen molar-refractivity contribution in [3.63, 3.8) is 0 Å². The monoisotopic (exact) mass is 338 g/mol. The van der Waals surface area contributed by atoms with E-state index in [0.29, 0.717) is 11.6 Å². The molecule has 3 rings (SSSR count). The molecular weight excluding hydrogens is 320 g/mol. The summed E-state index contributed by atoms with van der Waals surface area (Å²) in [6.07, 6.45) is 0. The molecule has 1 amide bonds. The lowest BCUT2D eigenvalue weighted by Crippen LogP contribution is -2.37. The standard InChI is InChI=1S/C20H19ClN2O/c1-14(22-13-17-8-4-5-9-19(17)21)20(24)23-18-11-10-15-6-2-3-7-16(15)12-18/h2-12,14,22H,13H2,1H3,(H,23,24). The summed E-state index contributed by atoms with van der Waals surface area (Å²) in [6.45, 7) is 2.39. The van der Waals surface area contributed by atoms with Crippen molar-refractivity contribution in [1.29, 1.82) is 0 Å². The van der Waals surface area contributed by atoms with Crippen molar-refractivity contribution in [1.82, 2.24) is 5.32 Å². The molecule has 2 N–H and O–H groups in total. The molecule has 3 aromatic rings. The molecule has 0 spiro atoms. The molecule has 3 nitrogen and oxygen atoms in total. The maximum atomic E-state index is 12.3. The van der Waals surface area contributed by atoms with Gasteiger partial charge in [0, 0.05) is 17.3 Å². The molecule has 0 fully saturated rings. The fourth-order valence-corrected chi connectivity index (χ4v) is 2.72. The van der Waals surface area contributed by atoms with Gasteiger partial charge < -0.3 is 10.6 Å². The number of benzene rings is 3. The lowest BCUT2D eigenvalue weighted by atomic mass is 10.1. The molecule has 0 radical (unpaired) electrons. The predicted molar refractivity (Wildman–Crippen MR) is 100 cm³/mol. The lowest BCUT2D eigenvalue weighted by molar-refractivity contribution is -0.117. The molecule has 0 saturated heterocycles. The third-order valence-electron chi connectivity index (χ3n) is 3.97. The maximum Gasteiger partial charge on any atom is 0.241 e. The molecule has 0 saturated carbocycles. The first kappa shape index (κ1) is 16.5. The van der Waals surface area contributed by atoms with Crippen molar-refractivity contribution >= 4 is 34.0 Å². The third kappa shape index (κ3) is 3.94. The van der Waals surface area contributed by atoms with Crippen LogP contribution in [-0.2, 0) is 11.3 Å². The van der Waals surface area contributed by atoms with Crippen LogP contribution in [0.5, 0.6) is 0 Å². The Balaban J connectivity index is 1.61. The number of amides is 1. The fourth-order valence-electron chi connectivity index (χ4n) is 2.52. The molecule has 0 bridgehead atoms. The van der Waals surface area contributed by atoms with Gasteiger partial charge in [-0.15, -0.1) is 0 Å². The first-order valence-corrected chi connectivity index (χ1v) is 8.28. The van der Waals surface area contributed by atoms with Gasteiger partial charge >= 0.3 is 0 Å². The highest BCUT2D eigenvalue weighted by Crippen LogP contribution is 2.19. The van der Waals surface area contributed by atoms with E-state index in [1.165, 1.54) is 0 Å². The van der Waals surface area contributed by atoms with Crippen LogP contribution in [0.25, 0.3) is 10.8 Å². The average molecular weight is 339 g/mol. The Morgan fingerprint density at radius 1 is 1.00 bits per heavy atom. The van der Waals surface area contributed by atoms with Crippen LogP contribution in [0.3, 0.4) is 0 Å². The van der Waals surface area contributed by atoms with E-state index in [1.807, 2.05) is 67.6 Å². The Morgan fingerprint density at radius 3 is 2.50 bits per heavy atom. The number of nitrogens with one attached hydrogen (secondary N) is 2. The van der Waals surface area contributed by atoms with Gasteiger partial charge in [0.25, 0.3) is 0 Å². The summed E-state index contributed by atoms with van der Waals surface area (Å²) in [7, 11) is 0. The van der Waals surface area contributed by atoms with Crippen LogP contribution in [0.15, 0.2) is 66.7 Å². The van der Waals surface area contributed by atoms with Crippen molar-refractivity contribution < 1.29 is 4.79 Å². The van der Waals surface area contributed by atoms with E-state index < -0.39 is 0 Å². The van der Waals surface area contributed by atoms with Gasteiger partial charge in [-0.05, 0) is 41.5 Å². The zero-order valence-electron chi connectivity index (χ0n) is 13.4. The van der Waals surface area contributed by atoms with Crippen LogP contribution in [0.2, 0.25) is 5.02 Å². The Labute approximate surface area is 146 Å². The van der Waals surface area contributed by atoms with Crippen molar-refractivity contribution in [2.24, 2.45) is 0 Å². The Hall–Kier alpha value is -2.36. The second kappa shape index (κ2) is 7.47. The van der Waals surface area contributed by atoms with Gasteiger partial charge in [0.05, 0.1) is 6.04 Å². The number of fused-ring (bicyclic) bond motifs is 1. The fraction of sp³-hybridized carbons (Fsp3) is 0.150. The first-order chi connectivity index (χ1) is 11.6. The normalized spacial score (nSPS) is 12.1. The zero-order chi connectivity index (χ0) is 16.9. The Bertz CT molecular complexity index is 863. The summed E-state index contributed by atoms with van der Waals surface area (Å²) in [6, 6.07) is 21.3. The Kier molecular flexibility index (Phi) is 5.14. The summed E-state index contributed by atoms with van der Waals surface area (Å²) in [5.41, 5.74) is 1.77.